The zero-order valence-electron chi connectivity index (χ0n) is 29.9. The monoisotopic (exact) mass is 706 g/mol. The van der Waals surface area contributed by atoms with Crippen molar-refractivity contribution in [1.29, 1.82) is 0 Å². The minimum Gasteiger partial charge on any atom is -0.456 e. The van der Waals surface area contributed by atoms with Crippen LogP contribution in [0.2, 0.25) is 0 Å². The SMILES string of the molecule is C=NC(=NC(=NCc1ccc(-c2ccccc2)cc1)c1ccc2c(c1)oc1cc(-n3c4ccccc4c4cc5ccccc5cc43)ccc12)c1ccccc1. The summed E-state index contributed by atoms with van der Waals surface area (Å²) >= 11 is 0. The quantitative estimate of drug-likeness (QED) is 0.125. The number of para-hydroxylation sites is 1. The van der Waals surface area contributed by atoms with E-state index < -0.39 is 0 Å². The molecular formula is C50H34N4O. The van der Waals surface area contributed by atoms with E-state index in [1.165, 1.54) is 32.7 Å². The Morgan fingerprint density at radius 3 is 1.93 bits per heavy atom. The first kappa shape index (κ1) is 32.3. The van der Waals surface area contributed by atoms with Crippen molar-refractivity contribution < 1.29 is 4.42 Å². The van der Waals surface area contributed by atoms with Crippen LogP contribution < -0.4 is 0 Å². The fourth-order valence-corrected chi connectivity index (χ4v) is 7.65. The van der Waals surface area contributed by atoms with Gasteiger partial charge in [-0.25, -0.2) is 9.98 Å². The van der Waals surface area contributed by atoms with Crippen LogP contribution in [0.3, 0.4) is 0 Å². The van der Waals surface area contributed by atoms with Gasteiger partial charge in [-0.3, -0.25) is 4.99 Å². The van der Waals surface area contributed by atoms with Gasteiger partial charge in [0.05, 0.1) is 17.6 Å². The van der Waals surface area contributed by atoms with Gasteiger partial charge in [-0.05, 0) is 76.6 Å². The first-order valence-electron chi connectivity index (χ1n) is 18.4. The smallest absolute Gasteiger partial charge is 0.161 e. The van der Waals surface area contributed by atoms with Gasteiger partial charge in [0, 0.05) is 44.4 Å². The van der Waals surface area contributed by atoms with E-state index in [9.17, 15) is 0 Å². The molecule has 260 valence electrons. The van der Waals surface area contributed by atoms with Crippen LogP contribution in [-0.2, 0) is 6.54 Å². The highest BCUT2D eigenvalue weighted by molar-refractivity contribution is 6.16. The highest BCUT2D eigenvalue weighted by Gasteiger charge is 2.16. The van der Waals surface area contributed by atoms with Gasteiger partial charge in [-0.2, -0.15) is 0 Å². The van der Waals surface area contributed by atoms with Crippen LogP contribution in [0.1, 0.15) is 16.7 Å². The molecule has 0 unspecified atom stereocenters. The first-order chi connectivity index (χ1) is 27.2. The molecule has 0 radical (unpaired) electrons. The summed E-state index contributed by atoms with van der Waals surface area (Å²) in [6, 6.07) is 63.2. The van der Waals surface area contributed by atoms with Crippen molar-refractivity contribution in [3.05, 3.63) is 199 Å². The Morgan fingerprint density at radius 2 is 1.15 bits per heavy atom. The number of rotatable bonds is 6. The number of benzene rings is 8. The molecule has 0 spiro atoms. The molecule has 0 saturated carbocycles. The van der Waals surface area contributed by atoms with Crippen molar-refractivity contribution in [3.8, 4) is 16.8 Å². The Labute approximate surface area is 317 Å². The second kappa shape index (κ2) is 13.6. The molecular weight excluding hydrogens is 673 g/mol. The zero-order chi connectivity index (χ0) is 36.7. The molecule has 0 atom stereocenters. The number of nitrogens with zero attached hydrogens (tertiary/aromatic N) is 4. The van der Waals surface area contributed by atoms with E-state index in [0.717, 1.165) is 55.3 Å². The lowest BCUT2D eigenvalue weighted by Crippen LogP contribution is -2.05. The maximum absolute atomic E-state index is 6.66. The highest BCUT2D eigenvalue weighted by atomic mass is 16.3. The summed E-state index contributed by atoms with van der Waals surface area (Å²) < 4.78 is 9.00. The molecule has 0 fully saturated rings. The highest BCUT2D eigenvalue weighted by Crippen LogP contribution is 2.37. The minimum atomic E-state index is 0.447. The van der Waals surface area contributed by atoms with Gasteiger partial charge in [0.1, 0.15) is 11.2 Å². The maximum atomic E-state index is 6.66. The van der Waals surface area contributed by atoms with Crippen LogP contribution >= 0.6 is 0 Å². The van der Waals surface area contributed by atoms with Gasteiger partial charge in [0.25, 0.3) is 0 Å². The molecule has 0 bridgehead atoms. The Bertz CT molecular complexity index is 3120. The molecule has 0 aliphatic heterocycles. The number of amidine groups is 2. The number of fused-ring (bicyclic) bond motifs is 7. The van der Waals surface area contributed by atoms with E-state index in [-0.39, 0.29) is 0 Å². The minimum absolute atomic E-state index is 0.447. The molecule has 10 aromatic rings. The van der Waals surface area contributed by atoms with Crippen LogP contribution in [0.5, 0.6) is 0 Å². The summed E-state index contributed by atoms with van der Waals surface area (Å²) in [5.74, 6) is 1.06. The second-order valence-corrected chi connectivity index (χ2v) is 13.7. The summed E-state index contributed by atoms with van der Waals surface area (Å²) in [5.41, 5.74) is 10.1. The van der Waals surface area contributed by atoms with Gasteiger partial charge in [0.2, 0.25) is 0 Å². The molecule has 2 aromatic heterocycles. The Morgan fingerprint density at radius 1 is 0.491 bits per heavy atom. The molecule has 5 heteroatoms. The molecule has 0 N–H and O–H groups in total. The summed E-state index contributed by atoms with van der Waals surface area (Å²) in [7, 11) is 0. The van der Waals surface area contributed by atoms with Gasteiger partial charge in [0.15, 0.2) is 11.7 Å². The Balaban J connectivity index is 1.06. The summed E-state index contributed by atoms with van der Waals surface area (Å²) in [4.78, 5) is 14.4. The van der Waals surface area contributed by atoms with Crippen LogP contribution in [0.25, 0.3) is 71.3 Å². The maximum Gasteiger partial charge on any atom is 0.161 e. The second-order valence-electron chi connectivity index (χ2n) is 13.7. The first-order valence-corrected chi connectivity index (χ1v) is 18.4. The van der Waals surface area contributed by atoms with Crippen LogP contribution in [-0.4, -0.2) is 23.0 Å². The average Bonchev–Trinajstić information content (AvgIpc) is 3.78. The number of aliphatic imine (C=N–C) groups is 3. The van der Waals surface area contributed by atoms with E-state index >= 15 is 0 Å². The van der Waals surface area contributed by atoms with E-state index in [0.29, 0.717) is 18.2 Å². The summed E-state index contributed by atoms with van der Waals surface area (Å²) in [5, 5.41) is 6.98. The van der Waals surface area contributed by atoms with Crippen molar-refractivity contribution in [2.75, 3.05) is 0 Å². The van der Waals surface area contributed by atoms with Gasteiger partial charge < -0.3 is 8.98 Å². The lowest BCUT2D eigenvalue weighted by molar-refractivity contribution is 0.668. The van der Waals surface area contributed by atoms with E-state index in [2.05, 4.69) is 156 Å². The van der Waals surface area contributed by atoms with Gasteiger partial charge >= 0.3 is 0 Å². The molecule has 0 aliphatic carbocycles. The summed E-state index contributed by atoms with van der Waals surface area (Å²) in [6.07, 6.45) is 0. The third kappa shape index (κ3) is 5.88. The van der Waals surface area contributed by atoms with Crippen molar-refractivity contribution >= 4 is 72.9 Å². The number of furan rings is 1. The van der Waals surface area contributed by atoms with E-state index in [4.69, 9.17) is 14.4 Å². The van der Waals surface area contributed by atoms with E-state index in [1.54, 1.807) is 0 Å². The lowest BCUT2D eigenvalue weighted by Gasteiger charge is -2.08. The van der Waals surface area contributed by atoms with Crippen molar-refractivity contribution in [1.82, 2.24) is 4.57 Å². The lowest BCUT2D eigenvalue weighted by atomic mass is 10.0. The normalized spacial score (nSPS) is 12.4. The summed E-state index contributed by atoms with van der Waals surface area (Å²) in [6.45, 7) is 4.29. The fraction of sp³-hybridized carbons (Fsp3) is 0.0200. The molecule has 0 saturated heterocycles. The Hall–Kier alpha value is -7.37. The van der Waals surface area contributed by atoms with E-state index in [1.807, 2.05) is 42.5 Å². The molecule has 10 rings (SSSR count). The fourth-order valence-electron chi connectivity index (χ4n) is 7.65. The predicted octanol–water partition coefficient (Wildman–Crippen LogP) is 12.6. The number of hydrogen-bond acceptors (Lipinski definition) is 2. The zero-order valence-corrected chi connectivity index (χ0v) is 29.9. The van der Waals surface area contributed by atoms with Crippen LogP contribution in [0.4, 0.5) is 0 Å². The van der Waals surface area contributed by atoms with Crippen molar-refractivity contribution in [3.63, 3.8) is 0 Å². The van der Waals surface area contributed by atoms with Crippen molar-refractivity contribution in [2.45, 2.75) is 6.54 Å². The predicted molar refractivity (Wildman–Crippen MR) is 230 cm³/mol. The van der Waals surface area contributed by atoms with Crippen LogP contribution in [0, 0.1) is 0 Å². The molecule has 2 heterocycles. The van der Waals surface area contributed by atoms with Gasteiger partial charge in [-0.15, -0.1) is 0 Å². The molecule has 55 heavy (non-hydrogen) atoms. The largest absolute Gasteiger partial charge is 0.456 e. The molecule has 8 aromatic carbocycles. The molecule has 0 aliphatic rings. The number of aromatic nitrogens is 1. The standard InChI is InChI=1S/C50H34N4O/c1-51-49(36-14-6-3-7-15-36)53-50(52-32-33-20-22-35(23-21-33)34-12-4-2-5-13-34)39-24-26-42-43-27-25-40(31-48(43)55-47(42)30-39)54-45-19-11-10-18-41(45)44-28-37-16-8-9-17-38(37)29-46(44)54/h2-31H,1,32H2. The van der Waals surface area contributed by atoms with Crippen molar-refractivity contribution in [2.24, 2.45) is 15.0 Å². The van der Waals surface area contributed by atoms with Crippen LogP contribution in [0.15, 0.2) is 201 Å². The number of hydrogen-bond donors (Lipinski definition) is 0. The molecule has 0 amide bonds. The average molecular weight is 707 g/mol. The molecule has 5 nitrogen and oxygen atoms in total. The third-order valence-electron chi connectivity index (χ3n) is 10.4. The topological polar surface area (TPSA) is 55.1 Å². The third-order valence-corrected chi connectivity index (χ3v) is 10.4. The Kier molecular flexibility index (Phi) is 7.96. The van der Waals surface area contributed by atoms with Gasteiger partial charge in [-0.1, -0.05) is 133 Å².